The average molecular weight is 192 g/mol. The van der Waals surface area contributed by atoms with Crippen molar-refractivity contribution < 1.29 is 5.11 Å². The summed E-state index contributed by atoms with van der Waals surface area (Å²) in [5, 5.41) is 13.1. The second-order valence-corrected chi connectivity index (χ2v) is 3.29. The van der Waals surface area contributed by atoms with Crippen LogP contribution < -0.4 is 5.73 Å². The summed E-state index contributed by atoms with van der Waals surface area (Å²) in [7, 11) is 0. The van der Waals surface area contributed by atoms with Crippen LogP contribution in [0.1, 0.15) is 17.3 Å². The predicted molar refractivity (Wildman–Crippen MR) is 51.7 cm³/mol. The fraction of sp³-hybridized carbons (Fsp3) is 0.333. The Morgan fingerprint density at radius 2 is 2.43 bits per heavy atom. The molecule has 2 rings (SSSR count). The average Bonchev–Trinajstić information content (AvgIpc) is 2.59. The number of aliphatic hydroxyl groups is 1. The van der Waals surface area contributed by atoms with E-state index in [9.17, 15) is 0 Å². The minimum atomic E-state index is -0.433. The van der Waals surface area contributed by atoms with E-state index in [1.165, 1.54) is 0 Å². The maximum atomic E-state index is 8.87. The third kappa shape index (κ3) is 1.47. The molecule has 0 bridgehead atoms. The number of nitrogens with two attached hydrogens (primary N) is 1. The minimum absolute atomic E-state index is 0.108. The molecule has 3 N–H and O–H groups in total. The van der Waals surface area contributed by atoms with E-state index in [-0.39, 0.29) is 6.61 Å². The highest BCUT2D eigenvalue weighted by molar-refractivity contribution is 5.40. The summed E-state index contributed by atoms with van der Waals surface area (Å²) in [5.74, 6) is 0. The monoisotopic (exact) mass is 192 g/mol. The molecule has 2 aromatic heterocycles. The zero-order chi connectivity index (χ0) is 10.1. The van der Waals surface area contributed by atoms with Gasteiger partial charge in [-0.2, -0.15) is 5.10 Å². The molecule has 0 spiro atoms. The first kappa shape index (κ1) is 9.11. The number of fused-ring (bicyclic) bond motifs is 1. The first-order valence-corrected chi connectivity index (χ1v) is 4.39. The van der Waals surface area contributed by atoms with E-state index in [2.05, 4.69) is 10.1 Å². The molecule has 1 atom stereocenters. The van der Waals surface area contributed by atoms with E-state index < -0.39 is 6.04 Å². The van der Waals surface area contributed by atoms with Gasteiger partial charge in [-0.25, -0.2) is 9.50 Å². The first-order chi connectivity index (χ1) is 6.70. The van der Waals surface area contributed by atoms with Gasteiger partial charge >= 0.3 is 0 Å². The SMILES string of the molecule is Cc1cnc2cc(C(N)CO)nn2c1. The minimum Gasteiger partial charge on any atom is -0.394 e. The molecule has 0 aliphatic rings. The van der Waals surface area contributed by atoms with Crippen molar-refractivity contribution in [2.45, 2.75) is 13.0 Å². The molecule has 0 aromatic carbocycles. The molecule has 0 aliphatic heterocycles. The van der Waals surface area contributed by atoms with Crippen molar-refractivity contribution in [2.75, 3.05) is 6.61 Å². The Labute approximate surface area is 81.2 Å². The highest BCUT2D eigenvalue weighted by atomic mass is 16.3. The van der Waals surface area contributed by atoms with Gasteiger partial charge in [-0.3, -0.25) is 0 Å². The molecule has 5 nitrogen and oxygen atoms in total. The Balaban J connectivity index is 2.51. The van der Waals surface area contributed by atoms with E-state index in [0.717, 1.165) is 11.2 Å². The summed E-state index contributed by atoms with van der Waals surface area (Å²) in [6.45, 7) is 1.84. The zero-order valence-corrected chi connectivity index (χ0v) is 7.88. The van der Waals surface area contributed by atoms with Gasteiger partial charge in [0, 0.05) is 18.5 Å². The van der Waals surface area contributed by atoms with Crippen LogP contribution in [0.3, 0.4) is 0 Å². The molecule has 0 fully saturated rings. The largest absolute Gasteiger partial charge is 0.394 e. The molecule has 0 saturated carbocycles. The Kier molecular flexibility index (Phi) is 2.18. The lowest BCUT2D eigenvalue weighted by Crippen LogP contribution is -2.14. The van der Waals surface area contributed by atoms with Crippen LogP contribution in [0, 0.1) is 6.92 Å². The summed E-state index contributed by atoms with van der Waals surface area (Å²) >= 11 is 0. The number of rotatable bonds is 2. The third-order valence-electron chi connectivity index (χ3n) is 2.04. The Morgan fingerprint density at radius 3 is 3.14 bits per heavy atom. The van der Waals surface area contributed by atoms with Crippen molar-refractivity contribution >= 4 is 5.65 Å². The molecule has 5 heteroatoms. The van der Waals surface area contributed by atoms with Crippen molar-refractivity contribution in [3.63, 3.8) is 0 Å². The van der Waals surface area contributed by atoms with Gasteiger partial charge in [-0.05, 0) is 12.5 Å². The van der Waals surface area contributed by atoms with Crippen molar-refractivity contribution in [1.29, 1.82) is 0 Å². The van der Waals surface area contributed by atoms with E-state index in [0.29, 0.717) is 5.69 Å². The van der Waals surface area contributed by atoms with Gasteiger partial charge in [-0.15, -0.1) is 0 Å². The summed E-state index contributed by atoms with van der Waals surface area (Å²) in [6.07, 6.45) is 3.64. The van der Waals surface area contributed by atoms with Crippen LogP contribution in [-0.4, -0.2) is 26.3 Å². The molecule has 0 aliphatic carbocycles. The number of hydrogen-bond donors (Lipinski definition) is 2. The zero-order valence-electron chi connectivity index (χ0n) is 7.88. The summed E-state index contributed by atoms with van der Waals surface area (Å²) in [4.78, 5) is 4.18. The van der Waals surface area contributed by atoms with Gasteiger partial charge in [0.1, 0.15) is 0 Å². The molecule has 2 heterocycles. The van der Waals surface area contributed by atoms with E-state index >= 15 is 0 Å². The standard InChI is InChI=1S/C9H12N4O/c1-6-3-11-9-2-8(7(10)5-14)12-13(9)4-6/h2-4,7,14H,5,10H2,1H3. The molecule has 1 unspecified atom stereocenters. The highest BCUT2D eigenvalue weighted by Crippen LogP contribution is 2.10. The van der Waals surface area contributed by atoms with Gasteiger partial charge in [-0.1, -0.05) is 0 Å². The fourth-order valence-corrected chi connectivity index (χ4v) is 1.26. The Hall–Kier alpha value is -1.46. The summed E-state index contributed by atoms with van der Waals surface area (Å²) in [6, 6.07) is 1.34. The van der Waals surface area contributed by atoms with E-state index in [1.807, 2.05) is 13.1 Å². The molecule has 14 heavy (non-hydrogen) atoms. The smallest absolute Gasteiger partial charge is 0.155 e. The molecule has 74 valence electrons. The second kappa shape index (κ2) is 3.36. The van der Waals surface area contributed by atoms with Crippen molar-refractivity contribution in [3.05, 3.63) is 29.7 Å². The molecule has 0 saturated heterocycles. The first-order valence-electron chi connectivity index (χ1n) is 4.39. The van der Waals surface area contributed by atoms with Crippen LogP contribution >= 0.6 is 0 Å². The van der Waals surface area contributed by atoms with Crippen LogP contribution in [0.15, 0.2) is 18.5 Å². The number of aryl methyl sites for hydroxylation is 1. The normalized spacial score (nSPS) is 13.4. The fourth-order valence-electron chi connectivity index (χ4n) is 1.26. The topological polar surface area (TPSA) is 76.4 Å². The maximum absolute atomic E-state index is 8.87. The second-order valence-electron chi connectivity index (χ2n) is 3.29. The molecule has 2 aromatic rings. The van der Waals surface area contributed by atoms with Crippen LogP contribution in [0.4, 0.5) is 0 Å². The van der Waals surface area contributed by atoms with Gasteiger partial charge in [0.05, 0.1) is 18.3 Å². The Morgan fingerprint density at radius 1 is 1.64 bits per heavy atom. The quantitative estimate of drug-likeness (QED) is 0.703. The van der Waals surface area contributed by atoms with Crippen molar-refractivity contribution in [2.24, 2.45) is 5.73 Å². The highest BCUT2D eigenvalue weighted by Gasteiger charge is 2.09. The lowest BCUT2D eigenvalue weighted by atomic mass is 10.2. The third-order valence-corrected chi connectivity index (χ3v) is 2.04. The maximum Gasteiger partial charge on any atom is 0.155 e. The van der Waals surface area contributed by atoms with Gasteiger partial charge in [0.25, 0.3) is 0 Å². The van der Waals surface area contributed by atoms with Crippen LogP contribution in [0.5, 0.6) is 0 Å². The molecule has 0 radical (unpaired) electrons. The number of nitrogens with zero attached hydrogens (tertiary/aromatic N) is 3. The van der Waals surface area contributed by atoms with Crippen molar-refractivity contribution in [3.8, 4) is 0 Å². The number of hydrogen-bond acceptors (Lipinski definition) is 4. The number of aromatic nitrogens is 3. The molecular weight excluding hydrogens is 180 g/mol. The van der Waals surface area contributed by atoms with E-state index in [1.54, 1.807) is 16.8 Å². The Bertz CT molecular complexity index is 451. The molecular formula is C9H12N4O. The molecule has 0 amide bonds. The summed E-state index contributed by atoms with van der Waals surface area (Å²) < 4.78 is 1.67. The lowest BCUT2D eigenvalue weighted by molar-refractivity contribution is 0.265. The van der Waals surface area contributed by atoms with E-state index in [4.69, 9.17) is 10.8 Å². The predicted octanol–water partition coefficient (Wildman–Crippen LogP) is 0.0298. The van der Waals surface area contributed by atoms with Crippen LogP contribution in [-0.2, 0) is 0 Å². The van der Waals surface area contributed by atoms with Gasteiger partial charge in [0.2, 0.25) is 0 Å². The van der Waals surface area contributed by atoms with Crippen LogP contribution in [0.25, 0.3) is 5.65 Å². The van der Waals surface area contributed by atoms with Crippen molar-refractivity contribution in [1.82, 2.24) is 14.6 Å². The van der Waals surface area contributed by atoms with Crippen LogP contribution in [0.2, 0.25) is 0 Å². The number of aliphatic hydroxyl groups excluding tert-OH is 1. The summed E-state index contributed by atoms with van der Waals surface area (Å²) in [5.41, 5.74) is 8.08. The lowest BCUT2D eigenvalue weighted by Gasteiger charge is -2.00. The van der Waals surface area contributed by atoms with Gasteiger partial charge in [0.15, 0.2) is 5.65 Å². The van der Waals surface area contributed by atoms with Gasteiger partial charge < -0.3 is 10.8 Å².